The van der Waals surface area contributed by atoms with E-state index in [1.165, 1.54) is 64.2 Å². The summed E-state index contributed by atoms with van der Waals surface area (Å²) in [7, 11) is 3.97. The number of ether oxygens (including phenoxy) is 1. The molecule has 2 fully saturated rings. The number of hydrogen-bond donors (Lipinski definition) is 1. The summed E-state index contributed by atoms with van der Waals surface area (Å²) in [6, 6.07) is 7.71. The first-order valence-corrected chi connectivity index (χ1v) is 12.2. The van der Waals surface area contributed by atoms with Gasteiger partial charge in [-0.05, 0) is 80.2 Å². The third-order valence-corrected chi connectivity index (χ3v) is 8.01. The first-order chi connectivity index (χ1) is 14.2. The second kappa shape index (κ2) is 9.35. The highest BCUT2D eigenvalue weighted by molar-refractivity contribution is 5.81. The molecule has 2 saturated carbocycles. The molecular formula is C27H41NO. The van der Waals surface area contributed by atoms with Crippen molar-refractivity contribution in [2.75, 3.05) is 20.8 Å². The molecule has 0 heterocycles. The molecule has 0 spiro atoms. The molecule has 0 aromatic heterocycles. The Morgan fingerprint density at radius 1 is 1.00 bits per heavy atom. The molecule has 0 saturated heterocycles. The molecule has 3 aliphatic carbocycles. The van der Waals surface area contributed by atoms with E-state index in [9.17, 15) is 0 Å². The maximum Gasteiger partial charge on any atom is 0.0595 e. The summed E-state index contributed by atoms with van der Waals surface area (Å²) in [6.07, 6.45) is 17.7. The molecule has 0 aliphatic heterocycles. The molecule has 1 N–H and O–H groups in total. The molecule has 0 bridgehead atoms. The van der Waals surface area contributed by atoms with Crippen LogP contribution in [0.25, 0.3) is 5.57 Å². The van der Waals surface area contributed by atoms with Gasteiger partial charge in [-0.2, -0.15) is 0 Å². The lowest BCUT2D eigenvalue weighted by Crippen LogP contribution is -2.36. The van der Waals surface area contributed by atoms with E-state index >= 15 is 0 Å². The van der Waals surface area contributed by atoms with Gasteiger partial charge in [0.25, 0.3) is 0 Å². The molecular weight excluding hydrogens is 354 g/mol. The lowest BCUT2D eigenvalue weighted by atomic mass is 9.74. The highest BCUT2D eigenvalue weighted by Gasteiger charge is 2.42. The van der Waals surface area contributed by atoms with Crippen LogP contribution in [0, 0.1) is 5.92 Å². The van der Waals surface area contributed by atoms with E-state index in [1.54, 1.807) is 22.3 Å². The van der Waals surface area contributed by atoms with Gasteiger partial charge < -0.3 is 10.1 Å². The fourth-order valence-corrected chi connectivity index (χ4v) is 6.50. The highest BCUT2D eigenvalue weighted by atomic mass is 16.5. The molecule has 4 rings (SSSR count). The van der Waals surface area contributed by atoms with Gasteiger partial charge in [0, 0.05) is 18.6 Å². The van der Waals surface area contributed by atoms with Gasteiger partial charge in [0.05, 0.1) is 6.61 Å². The van der Waals surface area contributed by atoms with Gasteiger partial charge in [-0.25, -0.2) is 0 Å². The molecule has 0 radical (unpaired) electrons. The van der Waals surface area contributed by atoms with Crippen molar-refractivity contribution in [2.24, 2.45) is 5.92 Å². The molecule has 1 aromatic carbocycles. The van der Waals surface area contributed by atoms with Gasteiger partial charge in [0.2, 0.25) is 0 Å². The predicted molar refractivity (Wildman–Crippen MR) is 124 cm³/mol. The van der Waals surface area contributed by atoms with Crippen molar-refractivity contribution in [3.05, 3.63) is 41.0 Å². The fraction of sp³-hybridized carbons (Fsp3) is 0.704. The molecule has 3 aliphatic rings. The molecule has 2 atom stereocenters. The Morgan fingerprint density at radius 2 is 1.66 bits per heavy atom. The minimum absolute atomic E-state index is 0.0178. The van der Waals surface area contributed by atoms with Crippen molar-refractivity contribution in [3.63, 3.8) is 0 Å². The Bertz CT molecular complexity index is 711. The fourth-order valence-electron chi connectivity index (χ4n) is 6.50. The lowest BCUT2D eigenvalue weighted by molar-refractivity contribution is 0.142. The number of allylic oxidation sites excluding steroid dienone is 1. The molecule has 0 amide bonds. The maximum atomic E-state index is 5.88. The number of fused-ring (bicyclic) bond motifs is 1. The Balaban J connectivity index is 1.82. The van der Waals surface area contributed by atoms with Crippen LogP contribution in [0.4, 0.5) is 0 Å². The molecule has 29 heavy (non-hydrogen) atoms. The summed E-state index contributed by atoms with van der Waals surface area (Å²) >= 11 is 0. The number of methoxy groups -OCH3 is 1. The Labute approximate surface area is 178 Å². The van der Waals surface area contributed by atoms with E-state index in [-0.39, 0.29) is 5.41 Å². The van der Waals surface area contributed by atoms with Crippen LogP contribution >= 0.6 is 0 Å². The first kappa shape index (κ1) is 21.1. The lowest BCUT2D eigenvalue weighted by Gasteiger charge is -2.32. The molecule has 160 valence electrons. The normalized spacial score (nSPS) is 26.9. The van der Waals surface area contributed by atoms with E-state index in [0.717, 1.165) is 24.9 Å². The van der Waals surface area contributed by atoms with Crippen molar-refractivity contribution < 1.29 is 4.74 Å². The number of hydrogen-bond acceptors (Lipinski definition) is 2. The van der Waals surface area contributed by atoms with Gasteiger partial charge in [0.1, 0.15) is 0 Å². The summed E-state index contributed by atoms with van der Waals surface area (Å²) in [5, 5.41) is 3.49. The highest BCUT2D eigenvalue weighted by Crippen LogP contribution is 2.52. The zero-order chi connectivity index (χ0) is 20.3. The van der Waals surface area contributed by atoms with E-state index < -0.39 is 0 Å². The summed E-state index contributed by atoms with van der Waals surface area (Å²) in [4.78, 5) is 0. The third kappa shape index (κ3) is 4.21. The molecule has 2 heteroatoms. The van der Waals surface area contributed by atoms with Crippen molar-refractivity contribution in [3.8, 4) is 0 Å². The Hall–Kier alpha value is -1.12. The Morgan fingerprint density at radius 3 is 2.28 bits per heavy atom. The molecule has 2 nitrogen and oxygen atoms in total. The van der Waals surface area contributed by atoms with E-state index in [1.807, 2.05) is 7.11 Å². The second-order valence-corrected chi connectivity index (χ2v) is 10.0. The maximum absolute atomic E-state index is 5.88. The molecule has 2 unspecified atom stereocenters. The number of nitrogens with one attached hydrogen (secondary N) is 1. The van der Waals surface area contributed by atoms with Crippen molar-refractivity contribution >= 4 is 5.57 Å². The van der Waals surface area contributed by atoms with E-state index in [0.29, 0.717) is 6.04 Å². The summed E-state index contributed by atoms with van der Waals surface area (Å²) < 4.78 is 5.88. The van der Waals surface area contributed by atoms with Gasteiger partial charge in [-0.3, -0.25) is 0 Å². The smallest absolute Gasteiger partial charge is 0.0595 e. The van der Waals surface area contributed by atoms with E-state index in [4.69, 9.17) is 4.74 Å². The number of rotatable bonds is 7. The molecule has 1 aromatic rings. The van der Waals surface area contributed by atoms with Crippen molar-refractivity contribution in [1.82, 2.24) is 5.32 Å². The van der Waals surface area contributed by atoms with Crippen LogP contribution in [-0.2, 0) is 10.2 Å². The van der Waals surface area contributed by atoms with Crippen LogP contribution in [0.1, 0.15) is 100 Å². The van der Waals surface area contributed by atoms with Crippen LogP contribution in [-0.4, -0.2) is 26.8 Å². The van der Waals surface area contributed by atoms with Crippen LogP contribution in [0.5, 0.6) is 0 Å². The van der Waals surface area contributed by atoms with Gasteiger partial charge in [0.15, 0.2) is 0 Å². The van der Waals surface area contributed by atoms with Crippen LogP contribution < -0.4 is 5.32 Å². The largest absolute Gasteiger partial charge is 0.383 e. The standard InChI is InChI=1S/C27H41NO/c1-20(28-2)17-27(19-29-3)18-24(22-13-8-5-9-14-22)26-23(15-10-16-25(26)27)21-11-6-4-7-12-21/h10,15-16,18,20-22,28H,4-9,11-14,17,19H2,1-3H3. The summed E-state index contributed by atoms with van der Waals surface area (Å²) in [5.74, 6) is 1.50. The third-order valence-electron chi connectivity index (χ3n) is 8.01. The van der Waals surface area contributed by atoms with Crippen LogP contribution in [0.3, 0.4) is 0 Å². The van der Waals surface area contributed by atoms with Gasteiger partial charge in [-0.1, -0.05) is 62.8 Å². The average molecular weight is 396 g/mol. The van der Waals surface area contributed by atoms with Crippen molar-refractivity contribution in [2.45, 2.75) is 94.9 Å². The summed E-state index contributed by atoms with van der Waals surface area (Å²) in [6.45, 7) is 3.10. The topological polar surface area (TPSA) is 21.3 Å². The quantitative estimate of drug-likeness (QED) is 0.562. The zero-order valence-electron chi connectivity index (χ0n) is 18.9. The van der Waals surface area contributed by atoms with Gasteiger partial charge >= 0.3 is 0 Å². The first-order valence-electron chi connectivity index (χ1n) is 12.2. The van der Waals surface area contributed by atoms with Crippen LogP contribution in [0.15, 0.2) is 24.3 Å². The predicted octanol–water partition coefficient (Wildman–Crippen LogP) is 6.59. The minimum atomic E-state index is 0.0178. The number of benzene rings is 1. The van der Waals surface area contributed by atoms with Gasteiger partial charge in [-0.15, -0.1) is 0 Å². The average Bonchev–Trinajstić information content (AvgIpc) is 3.09. The summed E-state index contributed by atoms with van der Waals surface area (Å²) in [5.41, 5.74) is 6.57. The SMILES string of the molecule is CNC(C)CC1(COC)C=C(C2CCCCC2)c2c(C3CCCCC3)cccc21. The minimum Gasteiger partial charge on any atom is -0.383 e. The monoisotopic (exact) mass is 395 g/mol. The second-order valence-electron chi connectivity index (χ2n) is 10.0. The van der Waals surface area contributed by atoms with E-state index in [2.05, 4.69) is 43.6 Å². The van der Waals surface area contributed by atoms with Crippen LogP contribution in [0.2, 0.25) is 0 Å². The zero-order valence-corrected chi connectivity index (χ0v) is 18.9. The van der Waals surface area contributed by atoms with Crippen molar-refractivity contribution in [1.29, 1.82) is 0 Å². The Kier molecular flexibility index (Phi) is 6.81.